The van der Waals surface area contributed by atoms with E-state index in [0.29, 0.717) is 34.2 Å². The van der Waals surface area contributed by atoms with Crippen LogP contribution < -0.4 is 0 Å². The zero-order chi connectivity index (χ0) is 36.8. The van der Waals surface area contributed by atoms with Crippen LogP contribution in [0.25, 0.3) is 83.9 Å². The molecule has 0 atom stereocenters. The van der Waals surface area contributed by atoms with Gasteiger partial charge in [-0.1, -0.05) is 133 Å². The number of fused-ring (bicyclic) bond motifs is 3. The van der Waals surface area contributed by atoms with E-state index < -0.39 is 11.7 Å². The van der Waals surface area contributed by atoms with Gasteiger partial charge in [-0.25, -0.2) is 15.0 Å². The summed E-state index contributed by atoms with van der Waals surface area (Å²) < 4.78 is 43.5. The monoisotopic (exact) mass is 708 g/mol. The maximum absolute atomic E-state index is 13.8. The number of halogens is 3. The summed E-state index contributed by atoms with van der Waals surface area (Å²) in [5.74, 6) is 1.40. The van der Waals surface area contributed by atoms with E-state index in [-0.39, 0.29) is 0 Å². The van der Waals surface area contributed by atoms with Gasteiger partial charge < -0.3 is 4.57 Å². The summed E-state index contributed by atoms with van der Waals surface area (Å²) in [7, 11) is 0. The molecule has 0 aliphatic heterocycles. The molecular weight excluding hydrogens is 678 g/mol. The van der Waals surface area contributed by atoms with Crippen LogP contribution in [0.5, 0.6) is 0 Å². The van der Waals surface area contributed by atoms with E-state index in [9.17, 15) is 13.2 Å². The number of para-hydroxylation sites is 1. The van der Waals surface area contributed by atoms with E-state index in [0.717, 1.165) is 61.9 Å². The van der Waals surface area contributed by atoms with Crippen LogP contribution in [-0.4, -0.2) is 19.5 Å². The molecular formula is C47H31F3N4. The quantitative estimate of drug-likeness (QED) is 0.173. The number of aromatic nitrogens is 4. The van der Waals surface area contributed by atoms with Crippen molar-refractivity contribution in [3.05, 3.63) is 181 Å². The number of hydrogen-bond acceptors (Lipinski definition) is 3. The maximum atomic E-state index is 13.8. The Balaban J connectivity index is 1.30. The van der Waals surface area contributed by atoms with Crippen molar-refractivity contribution in [3.8, 4) is 62.1 Å². The van der Waals surface area contributed by atoms with E-state index in [1.165, 1.54) is 17.7 Å². The van der Waals surface area contributed by atoms with Crippen molar-refractivity contribution in [1.82, 2.24) is 19.5 Å². The standard InChI is InChI=1S/C47H31F3N4/c1-30-11-10-16-34(27-30)35-21-25-39-38-17-8-9-18-42(38)54(43(39)28-35)37-24-26-40(41(29-37)31-19-22-36(23-20-31)47(48,49)50)46-52-44(32-12-4-2-5-13-32)51-45(53-46)33-14-6-3-7-15-33/h2-29H,1H3. The van der Waals surface area contributed by atoms with E-state index in [2.05, 4.69) is 66.1 Å². The summed E-state index contributed by atoms with van der Waals surface area (Å²) in [5.41, 5.74) is 9.13. The SMILES string of the molecule is Cc1cccc(-c2ccc3c4ccccc4n(-c4ccc(-c5nc(-c6ccccc6)nc(-c6ccccc6)n5)c(-c5ccc(C(F)(F)F)cc5)c4)c3c2)c1. The molecule has 4 nitrogen and oxygen atoms in total. The molecule has 0 fully saturated rings. The van der Waals surface area contributed by atoms with E-state index >= 15 is 0 Å². The van der Waals surface area contributed by atoms with Gasteiger partial charge in [-0.2, -0.15) is 13.2 Å². The summed E-state index contributed by atoms with van der Waals surface area (Å²) in [6.45, 7) is 2.08. The predicted octanol–water partition coefficient (Wildman–Crippen LogP) is 12.6. The molecule has 7 heteroatoms. The molecule has 0 saturated heterocycles. The normalized spacial score (nSPS) is 11.7. The fourth-order valence-electron chi connectivity index (χ4n) is 7.13. The molecule has 9 aromatic rings. The van der Waals surface area contributed by atoms with Gasteiger partial charge in [0, 0.05) is 33.2 Å². The van der Waals surface area contributed by atoms with Gasteiger partial charge in [0.25, 0.3) is 0 Å². The highest BCUT2D eigenvalue weighted by molar-refractivity contribution is 6.10. The van der Waals surface area contributed by atoms with E-state index in [1.807, 2.05) is 91.0 Å². The van der Waals surface area contributed by atoms with Crippen LogP contribution in [0, 0.1) is 6.92 Å². The van der Waals surface area contributed by atoms with Gasteiger partial charge in [0.2, 0.25) is 0 Å². The van der Waals surface area contributed by atoms with Crippen LogP contribution in [0.4, 0.5) is 13.2 Å². The number of rotatable bonds is 6. The molecule has 0 amide bonds. The van der Waals surface area contributed by atoms with Crippen molar-refractivity contribution in [3.63, 3.8) is 0 Å². The van der Waals surface area contributed by atoms with Crippen LogP contribution in [0.1, 0.15) is 11.1 Å². The lowest BCUT2D eigenvalue weighted by Crippen LogP contribution is -2.04. The molecule has 0 N–H and O–H groups in total. The lowest BCUT2D eigenvalue weighted by atomic mass is 9.97. The van der Waals surface area contributed by atoms with Gasteiger partial charge in [0.05, 0.1) is 16.6 Å². The van der Waals surface area contributed by atoms with Crippen LogP contribution in [0.15, 0.2) is 170 Å². The molecule has 0 radical (unpaired) electrons. The van der Waals surface area contributed by atoms with Crippen LogP contribution in [-0.2, 0) is 6.18 Å². The fourth-order valence-corrected chi connectivity index (χ4v) is 7.13. The van der Waals surface area contributed by atoms with Gasteiger partial charge in [0.15, 0.2) is 17.5 Å². The first-order valence-electron chi connectivity index (χ1n) is 17.6. The minimum Gasteiger partial charge on any atom is -0.309 e. The molecule has 0 saturated carbocycles. The van der Waals surface area contributed by atoms with Crippen LogP contribution in [0.2, 0.25) is 0 Å². The molecule has 0 aliphatic carbocycles. The molecule has 2 aromatic heterocycles. The minimum absolute atomic E-state index is 0.410. The predicted molar refractivity (Wildman–Crippen MR) is 211 cm³/mol. The Hall–Kier alpha value is -6.86. The number of aryl methyl sites for hydroxylation is 1. The molecule has 54 heavy (non-hydrogen) atoms. The number of benzene rings is 7. The van der Waals surface area contributed by atoms with Crippen molar-refractivity contribution >= 4 is 21.8 Å². The molecule has 0 bridgehead atoms. The molecule has 2 heterocycles. The second-order valence-electron chi connectivity index (χ2n) is 13.3. The third kappa shape index (κ3) is 6.09. The summed E-state index contributed by atoms with van der Waals surface area (Å²) >= 11 is 0. The van der Waals surface area contributed by atoms with Gasteiger partial charge in [0.1, 0.15) is 0 Å². The largest absolute Gasteiger partial charge is 0.416 e. The van der Waals surface area contributed by atoms with Gasteiger partial charge in [-0.15, -0.1) is 0 Å². The third-order valence-electron chi connectivity index (χ3n) is 9.75. The summed E-state index contributed by atoms with van der Waals surface area (Å²) in [5, 5.41) is 2.19. The first kappa shape index (κ1) is 33.0. The van der Waals surface area contributed by atoms with Crippen molar-refractivity contribution < 1.29 is 13.2 Å². The van der Waals surface area contributed by atoms with E-state index in [1.54, 1.807) is 0 Å². The van der Waals surface area contributed by atoms with Crippen molar-refractivity contribution in [2.24, 2.45) is 0 Å². The third-order valence-corrected chi connectivity index (χ3v) is 9.75. The molecule has 0 unspecified atom stereocenters. The maximum Gasteiger partial charge on any atom is 0.416 e. The number of alkyl halides is 3. The lowest BCUT2D eigenvalue weighted by molar-refractivity contribution is -0.137. The van der Waals surface area contributed by atoms with E-state index in [4.69, 9.17) is 15.0 Å². The number of hydrogen-bond donors (Lipinski definition) is 0. The molecule has 260 valence electrons. The average Bonchev–Trinajstić information content (AvgIpc) is 3.54. The van der Waals surface area contributed by atoms with Gasteiger partial charge >= 0.3 is 6.18 Å². The second-order valence-corrected chi connectivity index (χ2v) is 13.3. The lowest BCUT2D eigenvalue weighted by Gasteiger charge is -2.16. The van der Waals surface area contributed by atoms with Gasteiger partial charge in [-0.3, -0.25) is 0 Å². The van der Waals surface area contributed by atoms with Crippen molar-refractivity contribution in [2.45, 2.75) is 13.1 Å². The zero-order valence-corrected chi connectivity index (χ0v) is 29.1. The summed E-state index contributed by atoms with van der Waals surface area (Å²) in [4.78, 5) is 14.8. The first-order valence-corrected chi connectivity index (χ1v) is 17.6. The Bertz CT molecular complexity index is 2750. The second kappa shape index (κ2) is 13.3. The fraction of sp³-hybridized carbons (Fsp3) is 0.0426. The molecule has 0 spiro atoms. The Morgan fingerprint density at radius 2 is 1.00 bits per heavy atom. The highest BCUT2D eigenvalue weighted by Gasteiger charge is 2.30. The molecule has 9 rings (SSSR count). The highest BCUT2D eigenvalue weighted by Crippen LogP contribution is 2.40. The van der Waals surface area contributed by atoms with Crippen molar-refractivity contribution in [1.29, 1.82) is 0 Å². The minimum atomic E-state index is -4.47. The zero-order valence-electron chi connectivity index (χ0n) is 29.1. The van der Waals surface area contributed by atoms with Crippen LogP contribution in [0.3, 0.4) is 0 Å². The van der Waals surface area contributed by atoms with Crippen molar-refractivity contribution in [2.75, 3.05) is 0 Å². The Kier molecular flexibility index (Phi) is 8.12. The first-order chi connectivity index (χ1) is 26.3. The highest BCUT2D eigenvalue weighted by atomic mass is 19.4. The topological polar surface area (TPSA) is 43.6 Å². The summed E-state index contributed by atoms with van der Waals surface area (Å²) in [6, 6.07) is 53.9. The molecule has 7 aromatic carbocycles. The van der Waals surface area contributed by atoms with Crippen LogP contribution >= 0.6 is 0 Å². The smallest absolute Gasteiger partial charge is 0.309 e. The Morgan fingerprint density at radius 3 is 1.67 bits per heavy atom. The average molecular weight is 709 g/mol. The molecule has 0 aliphatic rings. The van der Waals surface area contributed by atoms with Gasteiger partial charge in [-0.05, 0) is 71.6 Å². The number of nitrogens with zero attached hydrogens (tertiary/aromatic N) is 4. The summed E-state index contributed by atoms with van der Waals surface area (Å²) in [6.07, 6.45) is -4.47. The Labute approximate surface area is 309 Å². The Morgan fingerprint density at radius 1 is 0.426 bits per heavy atom.